The number of nitrogens with zero attached hydrogens (tertiary/aromatic N) is 3. The van der Waals surface area contributed by atoms with Gasteiger partial charge in [0.1, 0.15) is 6.10 Å². The Morgan fingerprint density at radius 1 is 1.74 bits per heavy atom. The number of aromatic nitrogens is 1. The molecule has 0 unspecified atom stereocenters. The van der Waals surface area contributed by atoms with Crippen LogP contribution in [0, 0.1) is 0 Å². The molecule has 2 atom stereocenters. The van der Waals surface area contributed by atoms with Crippen LogP contribution in [0.5, 0.6) is 0 Å². The monoisotopic (exact) mass is 283 g/mol. The van der Waals surface area contributed by atoms with Crippen LogP contribution >= 0.6 is 11.3 Å². The van der Waals surface area contributed by atoms with Crippen molar-refractivity contribution in [1.82, 2.24) is 14.8 Å². The van der Waals surface area contributed by atoms with Gasteiger partial charge >= 0.3 is 0 Å². The molecule has 1 aromatic rings. The lowest BCUT2D eigenvalue weighted by molar-refractivity contribution is -0.147. The van der Waals surface area contributed by atoms with Gasteiger partial charge in [-0.15, -0.1) is 11.3 Å². The minimum atomic E-state index is -0.327. The second-order valence-electron chi connectivity index (χ2n) is 5.11. The van der Waals surface area contributed by atoms with Crippen LogP contribution in [0.2, 0.25) is 0 Å². The first kappa shape index (κ1) is 14.4. The summed E-state index contributed by atoms with van der Waals surface area (Å²) in [6.07, 6.45) is 1.48. The molecule has 0 spiro atoms. The van der Waals surface area contributed by atoms with Crippen molar-refractivity contribution in [2.75, 3.05) is 40.3 Å². The van der Waals surface area contributed by atoms with E-state index in [2.05, 4.69) is 16.8 Å². The van der Waals surface area contributed by atoms with Crippen molar-refractivity contribution in [3.8, 4) is 0 Å². The van der Waals surface area contributed by atoms with Crippen LogP contribution < -0.4 is 0 Å². The van der Waals surface area contributed by atoms with Crippen LogP contribution in [0.1, 0.15) is 17.8 Å². The number of carbonyl (C=O) groups excluding carboxylic acids is 1. The summed E-state index contributed by atoms with van der Waals surface area (Å²) in [6, 6.07) is 0. The second-order valence-corrected chi connectivity index (χ2v) is 6.04. The van der Waals surface area contributed by atoms with Gasteiger partial charge in [-0.3, -0.25) is 4.79 Å². The molecule has 0 aliphatic carbocycles. The molecule has 106 valence electrons. The molecule has 6 heteroatoms. The van der Waals surface area contributed by atoms with E-state index in [9.17, 15) is 4.79 Å². The Hall–Kier alpha value is -0.980. The van der Waals surface area contributed by atoms with E-state index >= 15 is 0 Å². The SMILES string of the molecule is C[C@@H](CN(C)C(=O)[C@H]1CN(C)CCO1)c1nccs1. The molecule has 1 aliphatic rings. The number of ether oxygens (including phenoxy) is 1. The lowest BCUT2D eigenvalue weighted by Crippen LogP contribution is -2.49. The van der Waals surface area contributed by atoms with Gasteiger partial charge in [0.15, 0.2) is 0 Å². The Labute approximate surface area is 118 Å². The standard InChI is InChI=1S/C13H21N3O2S/c1-10(12-14-4-7-19-12)8-16(3)13(17)11-9-15(2)5-6-18-11/h4,7,10-11H,5-6,8-9H2,1-3H3/t10-,11+/m0/s1. The van der Waals surface area contributed by atoms with Gasteiger partial charge < -0.3 is 14.5 Å². The summed E-state index contributed by atoms with van der Waals surface area (Å²) < 4.78 is 5.56. The summed E-state index contributed by atoms with van der Waals surface area (Å²) >= 11 is 1.63. The highest BCUT2D eigenvalue weighted by molar-refractivity contribution is 7.09. The Morgan fingerprint density at radius 2 is 2.53 bits per heavy atom. The van der Waals surface area contributed by atoms with Gasteiger partial charge in [-0.25, -0.2) is 4.98 Å². The highest BCUT2D eigenvalue weighted by Gasteiger charge is 2.28. The topological polar surface area (TPSA) is 45.7 Å². The van der Waals surface area contributed by atoms with Crippen molar-refractivity contribution in [3.63, 3.8) is 0 Å². The van der Waals surface area contributed by atoms with E-state index in [0.29, 0.717) is 19.7 Å². The zero-order chi connectivity index (χ0) is 13.8. The van der Waals surface area contributed by atoms with Gasteiger partial charge in [-0.1, -0.05) is 6.92 Å². The number of rotatable bonds is 4. The summed E-state index contributed by atoms with van der Waals surface area (Å²) in [5, 5.41) is 3.04. The summed E-state index contributed by atoms with van der Waals surface area (Å²) in [6.45, 7) is 4.97. The van der Waals surface area contributed by atoms with Crippen molar-refractivity contribution in [2.24, 2.45) is 0 Å². The maximum atomic E-state index is 12.3. The third-order valence-corrected chi connectivity index (χ3v) is 4.35. The van der Waals surface area contributed by atoms with Gasteiger partial charge in [0.25, 0.3) is 5.91 Å². The predicted molar refractivity (Wildman–Crippen MR) is 75.4 cm³/mol. The number of hydrogen-bond acceptors (Lipinski definition) is 5. The minimum absolute atomic E-state index is 0.0648. The second kappa shape index (κ2) is 6.45. The fourth-order valence-electron chi connectivity index (χ4n) is 2.23. The molecule has 1 aliphatic heterocycles. The summed E-state index contributed by atoms with van der Waals surface area (Å²) in [4.78, 5) is 20.5. The number of likely N-dealkylation sites (N-methyl/N-ethyl adjacent to an activating group) is 2. The van der Waals surface area contributed by atoms with Crippen molar-refractivity contribution in [3.05, 3.63) is 16.6 Å². The molecule has 0 radical (unpaired) electrons. The predicted octanol–water partition coefficient (Wildman–Crippen LogP) is 1.04. The Kier molecular flexibility index (Phi) is 4.90. The Bertz CT molecular complexity index is 410. The Balaban J connectivity index is 1.88. The molecule has 1 saturated heterocycles. The van der Waals surface area contributed by atoms with Crippen LogP contribution in [0.15, 0.2) is 11.6 Å². The molecule has 19 heavy (non-hydrogen) atoms. The lowest BCUT2D eigenvalue weighted by Gasteiger charge is -2.32. The number of carbonyl (C=O) groups is 1. The smallest absolute Gasteiger partial charge is 0.252 e. The number of morpholine rings is 1. The fourth-order valence-corrected chi connectivity index (χ4v) is 2.92. The molecule has 2 rings (SSSR count). The number of amides is 1. The molecule has 2 heterocycles. The van der Waals surface area contributed by atoms with Gasteiger partial charge in [0, 0.05) is 44.2 Å². The highest BCUT2D eigenvalue weighted by atomic mass is 32.1. The maximum absolute atomic E-state index is 12.3. The summed E-state index contributed by atoms with van der Waals surface area (Å²) in [5.74, 6) is 0.324. The van der Waals surface area contributed by atoms with Gasteiger partial charge in [0.2, 0.25) is 0 Å². The Morgan fingerprint density at radius 3 is 3.16 bits per heavy atom. The zero-order valence-electron chi connectivity index (χ0n) is 11.7. The largest absolute Gasteiger partial charge is 0.366 e. The minimum Gasteiger partial charge on any atom is -0.366 e. The van der Waals surface area contributed by atoms with E-state index in [1.54, 1.807) is 22.4 Å². The van der Waals surface area contributed by atoms with Gasteiger partial charge in [-0.2, -0.15) is 0 Å². The van der Waals surface area contributed by atoms with Crippen molar-refractivity contribution in [2.45, 2.75) is 18.9 Å². The first-order chi connectivity index (χ1) is 9.08. The lowest BCUT2D eigenvalue weighted by atomic mass is 10.1. The molecular formula is C13H21N3O2S. The van der Waals surface area contributed by atoms with Crippen LogP contribution in [0.3, 0.4) is 0 Å². The molecule has 0 N–H and O–H groups in total. The summed E-state index contributed by atoms with van der Waals surface area (Å²) in [5.41, 5.74) is 0. The molecule has 0 saturated carbocycles. The number of thiazole rings is 1. The van der Waals surface area contributed by atoms with E-state index < -0.39 is 0 Å². The quantitative estimate of drug-likeness (QED) is 0.828. The zero-order valence-corrected chi connectivity index (χ0v) is 12.5. The average Bonchev–Trinajstić information content (AvgIpc) is 2.91. The molecular weight excluding hydrogens is 262 g/mol. The molecule has 1 aromatic heterocycles. The van der Waals surface area contributed by atoms with Crippen LogP contribution in [0.4, 0.5) is 0 Å². The highest BCUT2D eigenvalue weighted by Crippen LogP contribution is 2.19. The number of hydrogen-bond donors (Lipinski definition) is 0. The maximum Gasteiger partial charge on any atom is 0.252 e. The van der Waals surface area contributed by atoms with Crippen molar-refractivity contribution < 1.29 is 9.53 Å². The van der Waals surface area contributed by atoms with E-state index in [1.165, 1.54) is 0 Å². The van der Waals surface area contributed by atoms with E-state index in [4.69, 9.17) is 4.74 Å². The third kappa shape index (κ3) is 3.75. The van der Waals surface area contributed by atoms with Gasteiger partial charge in [0.05, 0.1) is 11.6 Å². The van der Waals surface area contributed by atoms with Crippen LogP contribution in [0.25, 0.3) is 0 Å². The van der Waals surface area contributed by atoms with Crippen LogP contribution in [-0.2, 0) is 9.53 Å². The molecule has 0 bridgehead atoms. The summed E-state index contributed by atoms with van der Waals surface area (Å²) in [7, 11) is 3.85. The third-order valence-electron chi connectivity index (χ3n) is 3.34. The van der Waals surface area contributed by atoms with Crippen LogP contribution in [-0.4, -0.2) is 67.1 Å². The van der Waals surface area contributed by atoms with E-state index in [0.717, 1.165) is 11.6 Å². The molecule has 0 aromatic carbocycles. The first-order valence-corrected chi connectivity index (χ1v) is 7.40. The molecule has 1 amide bonds. The molecule has 1 fully saturated rings. The molecule has 5 nitrogen and oxygen atoms in total. The van der Waals surface area contributed by atoms with Crippen molar-refractivity contribution in [1.29, 1.82) is 0 Å². The van der Waals surface area contributed by atoms with E-state index in [-0.39, 0.29) is 17.9 Å². The van der Waals surface area contributed by atoms with E-state index in [1.807, 2.05) is 19.5 Å². The van der Waals surface area contributed by atoms with Gasteiger partial charge in [-0.05, 0) is 7.05 Å². The normalized spacial score (nSPS) is 22.2. The average molecular weight is 283 g/mol. The first-order valence-electron chi connectivity index (χ1n) is 6.52. The van der Waals surface area contributed by atoms with Crippen molar-refractivity contribution >= 4 is 17.2 Å². The fraction of sp³-hybridized carbons (Fsp3) is 0.692.